The lowest BCUT2D eigenvalue weighted by Gasteiger charge is -2.59. The molecule has 156 valence electrons. The van der Waals surface area contributed by atoms with Crippen molar-refractivity contribution in [1.29, 1.82) is 0 Å². The number of aliphatic hydroxyl groups is 1. The Labute approximate surface area is 176 Å². The van der Waals surface area contributed by atoms with Gasteiger partial charge in [-0.3, -0.25) is 9.59 Å². The molecule has 2 amide bonds. The smallest absolute Gasteiger partial charge is 0.226 e. The van der Waals surface area contributed by atoms with Crippen molar-refractivity contribution >= 4 is 29.1 Å². The van der Waals surface area contributed by atoms with E-state index in [1.165, 1.54) is 19.8 Å². The van der Waals surface area contributed by atoms with Gasteiger partial charge in [-0.25, -0.2) is 0 Å². The van der Waals surface area contributed by atoms with Crippen molar-refractivity contribution in [2.24, 2.45) is 23.7 Å². The maximum atomic E-state index is 13.3. The molecule has 1 aromatic rings. The Kier molecular flexibility index (Phi) is 4.67. The molecule has 2 N–H and O–H groups in total. The van der Waals surface area contributed by atoms with E-state index in [-0.39, 0.29) is 17.7 Å². The van der Waals surface area contributed by atoms with E-state index >= 15 is 0 Å². The van der Waals surface area contributed by atoms with Gasteiger partial charge in [0, 0.05) is 36.1 Å². The van der Waals surface area contributed by atoms with Gasteiger partial charge in [0.25, 0.3) is 0 Å². The number of amides is 2. The highest BCUT2D eigenvalue weighted by Crippen LogP contribution is 2.57. The average molecular weight is 417 g/mol. The molecular formula is C23H29ClN2O3. The number of hydrogen-bond donors (Lipinski definition) is 2. The number of nitrogens with one attached hydrogen (secondary N) is 1. The molecule has 1 heterocycles. The Morgan fingerprint density at radius 2 is 2.00 bits per heavy atom. The van der Waals surface area contributed by atoms with Crippen LogP contribution in [0.1, 0.15) is 51.0 Å². The van der Waals surface area contributed by atoms with Crippen LogP contribution in [0.2, 0.25) is 5.02 Å². The van der Waals surface area contributed by atoms with E-state index in [4.69, 9.17) is 11.6 Å². The number of likely N-dealkylation sites (tertiary alicyclic amines) is 1. The summed E-state index contributed by atoms with van der Waals surface area (Å²) in [6.45, 7) is 2.29. The van der Waals surface area contributed by atoms with Crippen LogP contribution in [-0.2, 0) is 16.0 Å². The van der Waals surface area contributed by atoms with Gasteiger partial charge in [0.1, 0.15) is 0 Å². The third-order valence-electron chi connectivity index (χ3n) is 7.74. The third-order valence-corrected chi connectivity index (χ3v) is 8.09. The summed E-state index contributed by atoms with van der Waals surface area (Å²) in [6, 6.07) is 5.84. The largest absolute Gasteiger partial charge is 0.390 e. The summed E-state index contributed by atoms with van der Waals surface area (Å²) >= 11 is 6.43. The molecule has 0 spiro atoms. The van der Waals surface area contributed by atoms with Crippen molar-refractivity contribution in [1.82, 2.24) is 4.90 Å². The molecule has 4 bridgehead atoms. The number of benzene rings is 1. The van der Waals surface area contributed by atoms with Gasteiger partial charge in [-0.2, -0.15) is 0 Å². The monoisotopic (exact) mass is 416 g/mol. The average Bonchev–Trinajstić information content (AvgIpc) is 2.96. The molecule has 5 nitrogen and oxygen atoms in total. The molecular weight excluding hydrogens is 388 g/mol. The maximum Gasteiger partial charge on any atom is 0.226 e. The minimum atomic E-state index is -0.460. The second-order valence-electron chi connectivity index (χ2n) is 9.89. The Bertz CT molecular complexity index is 841. The van der Waals surface area contributed by atoms with Crippen LogP contribution in [0.15, 0.2) is 18.2 Å². The minimum absolute atomic E-state index is 0.0283. The SMILES string of the molecule is CC(=O)Nc1ccc(CC2CCN(C3C4CC5CC3CC(O)(C5)C4)C2=O)c(Cl)c1. The fraction of sp³-hybridized carbons (Fsp3) is 0.652. The normalized spacial score (nSPS) is 38.0. The molecule has 4 aliphatic carbocycles. The summed E-state index contributed by atoms with van der Waals surface area (Å²) in [4.78, 5) is 26.7. The highest BCUT2D eigenvalue weighted by molar-refractivity contribution is 6.31. The number of hydrogen-bond acceptors (Lipinski definition) is 3. The number of carbonyl (C=O) groups excluding carboxylic acids is 2. The Balaban J connectivity index is 1.28. The standard InChI is InChI=1S/C23H29ClN2O3/c1-13(27)25-19-3-2-15(20(24)9-19)8-16-4-5-26(22(16)28)21-17-6-14-7-18(21)12-23(29,10-14)11-17/h2-3,9,14,16-18,21,29H,4-8,10-12H2,1H3,(H,25,27). The fourth-order valence-corrected chi connectivity index (χ4v) is 7.23. The molecule has 29 heavy (non-hydrogen) atoms. The van der Waals surface area contributed by atoms with Gasteiger partial charge in [0.05, 0.1) is 5.60 Å². The second kappa shape index (κ2) is 6.98. The Morgan fingerprint density at radius 3 is 2.62 bits per heavy atom. The number of anilines is 1. The van der Waals surface area contributed by atoms with Gasteiger partial charge in [0.15, 0.2) is 0 Å². The van der Waals surface area contributed by atoms with Crippen LogP contribution in [0.5, 0.6) is 0 Å². The van der Waals surface area contributed by atoms with Gasteiger partial charge in [-0.1, -0.05) is 17.7 Å². The van der Waals surface area contributed by atoms with E-state index in [1.54, 1.807) is 6.07 Å². The first-order valence-corrected chi connectivity index (χ1v) is 11.3. The highest BCUT2D eigenvalue weighted by atomic mass is 35.5. The first-order valence-electron chi connectivity index (χ1n) is 10.9. The topological polar surface area (TPSA) is 69.6 Å². The quantitative estimate of drug-likeness (QED) is 0.787. The van der Waals surface area contributed by atoms with E-state index in [1.807, 2.05) is 12.1 Å². The van der Waals surface area contributed by atoms with Gasteiger partial charge in [0.2, 0.25) is 11.8 Å². The van der Waals surface area contributed by atoms with E-state index in [0.29, 0.717) is 40.9 Å². The molecule has 5 aliphatic rings. The van der Waals surface area contributed by atoms with Crippen molar-refractivity contribution in [3.63, 3.8) is 0 Å². The van der Waals surface area contributed by atoms with Crippen molar-refractivity contribution in [2.45, 2.75) is 63.5 Å². The summed E-state index contributed by atoms with van der Waals surface area (Å²) < 4.78 is 0. The summed E-state index contributed by atoms with van der Waals surface area (Å²) in [5.74, 6) is 1.69. The predicted octanol–water partition coefficient (Wildman–Crippen LogP) is 3.63. The molecule has 1 aromatic carbocycles. The van der Waals surface area contributed by atoms with Crippen LogP contribution in [-0.4, -0.2) is 40.0 Å². The number of nitrogens with zero attached hydrogens (tertiary/aromatic N) is 1. The summed E-state index contributed by atoms with van der Waals surface area (Å²) in [7, 11) is 0. The lowest BCUT2D eigenvalue weighted by molar-refractivity contribution is -0.168. The first kappa shape index (κ1) is 19.4. The third kappa shape index (κ3) is 3.46. The van der Waals surface area contributed by atoms with Crippen LogP contribution in [0.25, 0.3) is 0 Å². The van der Waals surface area contributed by atoms with E-state index in [0.717, 1.165) is 37.8 Å². The van der Waals surface area contributed by atoms with Crippen LogP contribution >= 0.6 is 11.6 Å². The molecule has 6 rings (SSSR count). The molecule has 0 radical (unpaired) electrons. The molecule has 0 aromatic heterocycles. The van der Waals surface area contributed by atoms with Crippen LogP contribution in [0, 0.1) is 23.7 Å². The molecule has 4 saturated carbocycles. The Morgan fingerprint density at radius 1 is 1.28 bits per heavy atom. The molecule has 3 atom stereocenters. The minimum Gasteiger partial charge on any atom is -0.390 e. The van der Waals surface area contributed by atoms with Gasteiger partial charge in [-0.05, 0) is 80.4 Å². The van der Waals surface area contributed by atoms with Crippen molar-refractivity contribution in [2.75, 3.05) is 11.9 Å². The lowest BCUT2D eigenvalue weighted by Crippen LogP contribution is -2.62. The first-order chi connectivity index (χ1) is 13.8. The van der Waals surface area contributed by atoms with Crippen LogP contribution in [0.3, 0.4) is 0 Å². The highest BCUT2D eigenvalue weighted by Gasteiger charge is 2.57. The van der Waals surface area contributed by atoms with Gasteiger partial charge < -0.3 is 15.3 Å². The summed E-state index contributed by atoms with van der Waals surface area (Å²) in [6.07, 6.45) is 6.57. The van der Waals surface area contributed by atoms with Crippen molar-refractivity contribution in [3.8, 4) is 0 Å². The second-order valence-corrected chi connectivity index (χ2v) is 10.3. The van der Waals surface area contributed by atoms with Gasteiger partial charge in [-0.15, -0.1) is 0 Å². The number of rotatable bonds is 4. The van der Waals surface area contributed by atoms with Crippen molar-refractivity contribution < 1.29 is 14.7 Å². The summed E-state index contributed by atoms with van der Waals surface area (Å²) in [5.41, 5.74) is 1.18. The van der Waals surface area contributed by atoms with Gasteiger partial charge >= 0.3 is 0 Å². The Hall–Kier alpha value is -1.59. The molecule has 6 heteroatoms. The zero-order valence-electron chi connectivity index (χ0n) is 16.9. The predicted molar refractivity (Wildman–Crippen MR) is 112 cm³/mol. The zero-order chi connectivity index (χ0) is 20.3. The van der Waals surface area contributed by atoms with Crippen LogP contribution in [0.4, 0.5) is 5.69 Å². The lowest BCUT2D eigenvalue weighted by atomic mass is 9.52. The summed E-state index contributed by atoms with van der Waals surface area (Å²) in [5, 5.41) is 14.2. The van der Waals surface area contributed by atoms with Crippen LogP contribution < -0.4 is 5.32 Å². The number of carbonyl (C=O) groups is 2. The molecule has 1 saturated heterocycles. The fourth-order valence-electron chi connectivity index (χ4n) is 6.97. The molecule has 3 unspecified atom stereocenters. The van der Waals surface area contributed by atoms with E-state index in [2.05, 4.69) is 10.2 Å². The number of halogens is 1. The van der Waals surface area contributed by atoms with E-state index < -0.39 is 5.60 Å². The zero-order valence-corrected chi connectivity index (χ0v) is 17.6. The molecule has 5 fully saturated rings. The van der Waals surface area contributed by atoms with E-state index in [9.17, 15) is 14.7 Å². The molecule has 1 aliphatic heterocycles. The maximum absolute atomic E-state index is 13.3. The van der Waals surface area contributed by atoms with Crippen molar-refractivity contribution in [3.05, 3.63) is 28.8 Å².